The molecule has 0 aliphatic carbocycles. The molecule has 1 aromatic rings. The molecule has 0 spiro atoms. The van der Waals surface area contributed by atoms with E-state index in [1.807, 2.05) is 25.1 Å². The number of nitrogens with zero attached hydrogens (tertiary/aromatic N) is 1. The first-order valence-electron chi connectivity index (χ1n) is 7.42. The zero-order chi connectivity index (χ0) is 17.2. The first-order valence-corrected chi connectivity index (χ1v) is 7.42. The largest absolute Gasteiger partial charge is 0.493 e. The number of carbonyl (C=O) groups excluding carboxylic acids is 1. The molecule has 7 nitrogen and oxygen atoms in total. The molecule has 23 heavy (non-hydrogen) atoms. The van der Waals surface area contributed by atoms with E-state index in [0.717, 1.165) is 5.69 Å². The Hall–Kier alpha value is -2.44. The number of methoxy groups -OCH3 is 2. The molecule has 1 atom stereocenters. The lowest BCUT2D eigenvalue weighted by Crippen LogP contribution is -2.36. The zero-order valence-electron chi connectivity index (χ0n) is 14.3. The van der Waals surface area contributed by atoms with Crippen molar-refractivity contribution in [3.8, 4) is 11.5 Å². The number of carbonyl (C=O) groups is 1. The fourth-order valence-electron chi connectivity index (χ4n) is 1.87. The van der Waals surface area contributed by atoms with Gasteiger partial charge in [-0.3, -0.25) is 9.79 Å². The fraction of sp³-hybridized carbons (Fsp3) is 0.500. The van der Waals surface area contributed by atoms with Crippen LogP contribution in [-0.4, -0.2) is 46.3 Å². The second kappa shape index (κ2) is 9.55. The summed E-state index contributed by atoms with van der Waals surface area (Å²) in [5.41, 5.74) is 0.799. The highest BCUT2D eigenvalue weighted by atomic mass is 16.5. The molecule has 0 heterocycles. The van der Waals surface area contributed by atoms with E-state index < -0.39 is 0 Å². The maximum absolute atomic E-state index is 11.4. The second-order valence-corrected chi connectivity index (χ2v) is 4.80. The predicted molar refractivity (Wildman–Crippen MR) is 90.3 cm³/mol. The van der Waals surface area contributed by atoms with Gasteiger partial charge in [0.25, 0.3) is 0 Å². The van der Waals surface area contributed by atoms with Crippen LogP contribution in [0.1, 0.15) is 13.8 Å². The smallest absolute Gasteiger partial charge is 0.310 e. The lowest BCUT2D eigenvalue weighted by atomic mass is 10.2. The van der Waals surface area contributed by atoms with Crippen LogP contribution >= 0.6 is 0 Å². The molecule has 0 aliphatic rings. The van der Waals surface area contributed by atoms with Crippen LogP contribution in [0.5, 0.6) is 11.5 Å². The van der Waals surface area contributed by atoms with E-state index in [1.165, 1.54) is 7.11 Å². The minimum Gasteiger partial charge on any atom is -0.493 e. The summed E-state index contributed by atoms with van der Waals surface area (Å²) in [5.74, 6) is 1.33. The van der Waals surface area contributed by atoms with Crippen molar-refractivity contribution in [1.82, 2.24) is 5.32 Å². The zero-order valence-corrected chi connectivity index (χ0v) is 14.3. The Morgan fingerprint density at radius 2 is 2.04 bits per heavy atom. The number of guanidine groups is 1. The molecule has 0 radical (unpaired) electrons. The molecule has 0 saturated heterocycles. The SMILES string of the molecule is CCOc1cc(NC(=NC)NCC(C)C(=O)OC)ccc1OC. The summed E-state index contributed by atoms with van der Waals surface area (Å²) in [6.45, 7) is 4.66. The topological polar surface area (TPSA) is 81.2 Å². The average Bonchev–Trinajstić information content (AvgIpc) is 2.58. The Morgan fingerprint density at radius 3 is 2.61 bits per heavy atom. The lowest BCUT2D eigenvalue weighted by Gasteiger charge is -2.16. The average molecular weight is 323 g/mol. The molecule has 0 aromatic heterocycles. The molecular formula is C16H25N3O4. The number of nitrogens with one attached hydrogen (secondary N) is 2. The summed E-state index contributed by atoms with van der Waals surface area (Å²) in [6, 6.07) is 5.51. The Labute approximate surface area is 137 Å². The molecule has 0 amide bonds. The fourth-order valence-corrected chi connectivity index (χ4v) is 1.87. The monoisotopic (exact) mass is 323 g/mol. The van der Waals surface area contributed by atoms with E-state index in [0.29, 0.717) is 30.6 Å². The van der Waals surface area contributed by atoms with E-state index in [-0.39, 0.29) is 11.9 Å². The number of ether oxygens (including phenoxy) is 3. The molecule has 0 saturated carbocycles. The third kappa shape index (κ3) is 5.69. The van der Waals surface area contributed by atoms with Crippen molar-refractivity contribution >= 4 is 17.6 Å². The molecule has 0 fully saturated rings. The normalized spacial score (nSPS) is 12.3. The van der Waals surface area contributed by atoms with Gasteiger partial charge in [-0.15, -0.1) is 0 Å². The van der Waals surface area contributed by atoms with Crippen molar-refractivity contribution in [2.45, 2.75) is 13.8 Å². The van der Waals surface area contributed by atoms with Gasteiger partial charge in [0.15, 0.2) is 17.5 Å². The number of esters is 1. The molecule has 0 bridgehead atoms. The van der Waals surface area contributed by atoms with Crippen molar-refractivity contribution in [2.75, 3.05) is 39.7 Å². The standard InChI is InChI=1S/C16H25N3O4/c1-6-23-14-9-12(7-8-13(14)21-4)19-16(17-3)18-10-11(2)15(20)22-5/h7-9,11H,6,10H2,1-5H3,(H2,17,18,19). The highest BCUT2D eigenvalue weighted by Crippen LogP contribution is 2.30. The van der Waals surface area contributed by atoms with E-state index >= 15 is 0 Å². The summed E-state index contributed by atoms with van der Waals surface area (Å²) in [6.07, 6.45) is 0. The van der Waals surface area contributed by atoms with E-state index in [9.17, 15) is 4.79 Å². The Kier molecular flexibility index (Phi) is 7.73. The van der Waals surface area contributed by atoms with Crippen LogP contribution in [0.25, 0.3) is 0 Å². The molecule has 1 unspecified atom stereocenters. The lowest BCUT2D eigenvalue weighted by molar-refractivity contribution is -0.144. The molecule has 1 aromatic carbocycles. The van der Waals surface area contributed by atoms with Crippen molar-refractivity contribution in [3.05, 3.63) is 18.2 Å². The Morgan fingerprint density at radius 1 is 1.30 bits per heavy atom. The highest BCUT2D eigenvalue weighted by Gasteiger charge is 2.13. The van der Waals surface area contributed by atoms with E-state index in [4.69, 9.17) is 14.2 Å². The molecule has 1 rings (SSSR count). The van der Waals surface area contributed by atoms with Gasteiger partial charge in [0.2, 0.25) is 0 Å². The van der Waals surface area contributed by atoms with Gasteiger partial charge in [-0.05, 0) is 19.1 Å². The van der Waals surface area contributed by atoms with Gasteiger partial charge < -0.3 is 24.8 Å². The number of hydrogen-bond acceptors (Lipinski definition) is 5. The van der Waals surface area contributed by atoms with Gasteiger partial charge >= 0.3 is 5.97 Å². The summed E-state index contributed by atoms with van der Waals surface area (Å²) >= 11 is 0. The maximum Gasteiger partial charge on any atom is 0.310 e. The molecule has 2 N–H and O–H groups in total. The van der Waals surface area contributed by atoms with Gasteiger partial charge in [0, 0.05) is 25.3 Å². The van der Waals surface area contributed by atoms with Crippen molar-refractivity contribution in [2.24, 2.45) is 10.9 Å². The van der Waals surface area contributed by atoms with Gasteiger partial charge in [-0.2, -0.15) is 0 Å². The summed E-state index contributed by atoms with van der Waals surface area (Å²) in [4.78, 5) is 15.5. The van der Waals surface area contributed by atoms with Crippen LogP contribution in [0, 0.1) is 5.92 Å². The van der Waals surface area contributed by atoms with Crippen LogP contribution in [0.2, 0.25) is 0 Å². The predicted octanol–water partition coefficient (Wildman–Crippen LogP) is 1.89. The van der Waals surface area contributed by atoms with Crippen LogP contribution < -0.4 is 20.1 Å². The number of aliphatic imine (C=N–C) groups is 1. The van der Waals surface area contributed by atoms with Gasteiger partial charge in [-0.1, -0.05) is 6.92 Å². The number of rotatable bonds is 7. The van der Waals surface area contributed by atoms with Crippen LogP contribution in [0.4, 0.5) is 5.69 Å². The number of hydrogen-bond donors (Lipinski definition) is 2. The van der Waals surface area contributed by atoms with Crippen LogP contribution in [0.3, 0.4) is 0 Å². The number of benzene rings is 1. The van der Waals surface area contributed by atoms with Gasteiger partial charge in [-0.25, -0.2) is 0 Å². The summed E-state index contributed by atoms with van der Waals surface area (Å²) in [7, 11) is 4.63. The minimum atomic E-state index is -0.270. The molecule has 128 valence electrons. The molecular weight excluding hydrogens is 298 g/mol. The van der Waals surface area contributed by atoms with Gasteiger partial charge in [0.1, 0.15) is 0 Å². The first-order chi connectivity index (χ1) is 11.0. The third-order valence-electron chi connectivity index (χ3n) is 3.13. The van der Waals surface area contributed by atoms with Gasteiger partial charge in [0.05, 0.1) is 26.7 Å². The van der Waals surface area contributed by atoms with Crippen LogP contribution in [-0.2, 0) is 9.53 Å². The molecule has 7 heteroatoms. The minimum absolute atomic E-state index is 0.268. The van der Waals surface area contributed by atoms with E-state index in [2.05, 4.69) is 15.6 Å². The highest BCUT2D eigenvalue weighted by molar-refractivity contribution is 5.94. The first kappa shape index (κ1) is 18.6. The maximum atomic E-state index is 11.4. The van der Waals surface area contributed by atoms with Crippen molar-refractivity contribution in [3.63, 3.8) is 0 Å². The Balaban J connectivity index is 2.72. The summed E-state index contributed by atoms with van der Waals surface area (Å²) < 4.78 is 15.5. The second-order valence-electron chi connectivity index (χ2n) is 4.80. The molecule has 0 aliphatic heterocycles. The quantitative estimate of drug-likeness (QED) is 0.453. The number of anilines is 1. The van der Waals surface area contributed by atoms with Crippen LogP contribution in [0.15, 0.2) is 23.2 Å². The van der Waals surface area contributed by atoms with E-state index in [1.54, 1.807) is 21.1 Å². The third-order valence-corrected chi connectivity index (χ3v) is 3.13. The van der Waals surface area contributed by atoms with Crippen molar-refractivity contribution in [1.29, 1.82) is 0 Å². The summed E-state index contributed by atoms with van der Waals surface area (Å²) in [5, 5.41) is 6.22. The Bertz CT molecular complexity index is 546. The van der Waals surface area contributed by atoms with Crippen molar-refractivity contribution < 1.29 is 19.0 Å².